The SMILES string of the molecule is COC(=O)c1cc(-c2csc(Nc3cccc(C(F)(F)F)c3)n2)cc([N+](=O)[O-])c1. The summed E-state index contributed by atoms with van der Waals surface area (Å²) in [5, 5.41) is 15.8. The van der Waals surface area contributed by atoms with E-state index in [9.17, 15) is 28.1 Å². The fourth-order valence-electron chi connectivity index (χ4n) is 2.46. The van der Waals surface area contributed by atoms with Gasteiger partial charge in [-0.2, -0.15) is 13.2 Å². The Hall–Kier alpha value is -3.47. The maximum atomic E-state index is 12.8. The summed E-state index contributed by atoms with van der Waals surface area (Å²) in [7, 11) is 1.15. The van der Waals surface area contributed by atoms with Gasteiger partial charge in [0.15, 0.2) is 5.13 Å². The Morgan fingerprint density at radius 3 is 2.66 bits per heavy atom. The zero-order chi connectivity index (χ0) is 21.2. The summed E-state index contributed by atoms with van der Waals surface area (Å²) in [4.78, 5) is 26.5. The topological polar surface area (TPSA) is 94.4 Å². The van der Waals surface area contributed by atoms with E-state index in [0.717, 1.165) is 36.6 Å². The number of nitro benzene ring substituents is 1. The molecule has 1 heterocycles. The van der Waals surface area contributed by atoms with Crippen LogP contribution < -0.4 is 5.32 Å². The first kappa shape index (κ1) is 20.3. The molecule has 150 valence electrons. The van der Waals surface area contributed by atoms with Gasteiger partial charge >= 0.3 is 12.1 Å². The summed E-state index contributed by atoms with van der Waals surface area (Å²) in [6.07, 6.45) is -4.47. The predicted octanol–water partition coefficient (Wildman–Crippen LogP) is 5.27. The standard InChI is InChI=1S/C18H12F3N3O4S/c1-28-16(25)11-5-10(6-14(7-11)24(26)27)15-9-29-17(23-15)22-13-4-2-3-12(8-13)18(19,20)21/h2-9H,1H3,(H,22,23). The van der Waals surface area contributed by atoms with Gasteiger partial charge in [0.05, 0.1) is 28.9 Å². The number of ether oxygens (including phenoxy) is 1. The molecule has 3 rings (SSSR count). The highest BCUT2D eigenvalue weighted by Gasteiger charge is 2.30. The Kier molecular flexibility index (Phi) is 5.50. The number of carbonyl (C=O) groups is 1. The molecule has 0 saturated carbocycles. The van der Waals surface area contributed by atoms with Crippen molar-refractivity contribution in [2.75, 3.05) is 12.4 Å². The lowest BCUT2D eigenvalue weighted by atomic mass is 10.1. The number of rotatable bonds is 5. The van der Waals surface area contributed by atoms with Gasteiger partial charge in [0.2, 0.25) is 0 Å². The summed E-state index contributed by atoms with van der Waals surface area (Å²) < 4.78 is 43.1. The quantitative estimate of drug-likeness (QED) is 0.341. The summed E-state index contributed by atoms with van der Waals surface area (Å²) in [6.45, 7) is 0. The third-order valence-electron chi connectivity index (χ3n) is 3.79. The highest BCUT2D eigenvalue weighted by atomic mass is 32.1. The summed E-state index contributed by atoms with van der Waals surface area (Å²) in [5.41, 5.74) is -0.331. The maximum absolute atomic E-state index is 12.8. The number of esters is 1. The van der Waals surface area contributed by atoms with Gasteiger partial charge in [0.25, 0.3) is 5.69 Å². The molecule has 0 atom stereocenters. The van der Waals surface area contributed by atoms with Crippen molar-refractivity contribution in [3.63, 3.8) is 0 Å². The Bertz CT molecular complexity index is 1080. The number of halogens is 3. The molecule has 0 radical (unpaired) electrons. The second-order valence-corrected chi connectivity index (χ2v) is 6.62. The fourth-order valence-corrected chi connectivity index (χ4v) is 3.20. The average Bonchev–Trinajstić information content (AvgIpc) is 3.15. The van der Waals surface area contributed by atoms with Gasteiger partial charge in [-0.15, -0.1) is 11.3 Å². The predicted molar refractivity (Wildman–Crippen MR) is 100 cm³/mol. The van der Waals surface area contributed by atoms with Crippen LogP contribution >= 0.6 is 11.3 Å². The molecule has 2 aromatic carbocycles. The Morgan fingerprint density at radius 1 is 1.24 bits per heavy atom. The van der Waals surface area contributed by atoms with E-state index in [1.54, 1.807) is 5.38 Å². The van der Waals surface area contributed by atoms with Gasteiger partial charge in [-0.1, -0.05) is 6.07 Å². The first-order chi connectivity index (χ1) is 13.7. The van der Waals surface area contributed by atoms with E-state index in [1.165, 1.54) is 24.3 Å². The van der Waals surface area contributed by atoms with Crippen LogP contribution in [0.2, 0.25) is 0 Å². The van der Waals surface area contributed by atoms with Crippen LogP contribution in [-0.2, 0) is 10.9 Å². The van der Waals surface area contributed by atoms with Gasteiger partial charge in [-0.05, 0) is 24.3 Å². The van der Waals surface area contributed by atoms with Crippen LogP contribution in [0.1, 0.15) is 15.9 Å². The van der Waals surface area contributed by atoms with Crippen molar-refractivity contribution < 1.29 is 27.6 Å². The monoisotopic (exact) mass is 423 g/mol. The lowest BCUT2D eigenvalue weighted by Crippen LogP contribution is -2.05. The normalized spacial score (nSPS) is 11.2. The molecule has 0 fully saturated rings. The van der Waals surface area contributed by atoms with Crippen LogP contribution in [0.25, 0.3) is 11.3 Å². The van der Waals surface area contributed by atoms with Crippen LogP contribution in [0, 0.1) is 10.1 Å². The lowest BCUT2D eigenvalue weighted by Gasteiger charge is -2.09. The molecule has 0 aliphatic heterocycles. The molecule has 0 unspecified atom stereocenters. The number of hydrogen-bond donors (Lipinski definition) is 1. The van der Waals surface area contributed by atoms with Crippen LogP contribution in [0.4, 0.5) is 29.7 Å². The van der Waals surface area contributed by atoms with Crippen LogP contribution in [0.15, 0.2) is 47.8 Å². The van der Waals surface area contributed by atoms with Crippen molar-refractivity contribution in [1.29, 1.82) is 0 Å². The van der Waals surface area contributed by atoms with Crippen LogP contribution in [-0.4, -0.2) is 23.0 Å². The summed E-state index contributed by atoms with van der Waals surface area (Å²) >= 11 is 1.10. The van der Waals surface area contributed by atoms with Crippen molar-refractivity contribution in [1.82, 2.24) is 4.98 Å². The van der Waals surface area contributed by atoms with Crippen molar-refractivity contribution >= 4 is 33.8 Å². The van der Waals surface area contributed by atoms with Gasteiger partial charge < -0.3 is 10.1 Å². The third kappa shape index (κ3) is 4.69. The largest absolute Gasteiger partial charge is 0.465 e. The molecule has 29 heavy (non-hydrogen) atoms. The van der Waals surface area contributed by atoms with Gasteiger partial charge in [-0.3, -0.25) is 10.1 Å². The van der Waals surface area contributed by atoms with E-state index in [4.69, 9.17) is 0 Å². The molecule has 0 aliphatic carbocycles. The highest BCUT2D eigenvalue weighted by molar-refractivity contribution is 7.14. The van der Waals surface area contributed by atoms with E-state index < -0.39 is 22.6 Å². The molecule has 0 amide bonds. The van der Waals surface area contributed by atoms with E-state index in [2.05, 4.69) is 15.0 Å². The molecule has 0 bridgehead atoms. The molecule has 11 heteroatoms. The number of methoxy groups -OCH3 is 1. The number of hydrogen-bond acceptors (Lipinski definition) is 7. The zero-order valence-corrected chi connectivity index (χ0v) is 15.5. The minimum atomic E-state index is -4.47. The molecular weight excluding hydrogens is 411 g/mol. The maximum Gasteiger partial charge on any atom is 0.416 e. The Labute approximate surface area is 165 Å². The molecule has 0 aliphatic rings. The number of anilines is 2. The number of non-ortho nitro benzene ring substituents is 1. The fraction of sp³-hybridized carbons (Fsp3) is 0.111. The van der Waals surface area contributed by atoms with Gasteiger partial charge in [0.1, 0.15) is 0 Å². The highest BCUT2D eigenvalue weighted by Crippen LogP contribution is 2.33. The molecule has 1 N–H and O–H groups in total. The van der Waals surface area contributed by atoms with Gasteiger partial charge in [0, 0.05) is 28.8 Å². The van der Waals surface area contributed by atoms with Crippen molar-refractivity contribution in [2.24, 2.45) is 0 Å². The summed E-state index contributed by atoms with van der Waals surface area (Å²) in [5.74, 6) is -0.743. The van der Waals surface area contributed by atoms with Crippen molar-refractivity contribution in [3.8, 4) is 11.3 Å². The number of thiazole rings is 1. The minimum Gasteiger partial charge on any atom is -0.465 e. The number of carbonyl (C=O) groups excluding carboxylic acids is 1. The summed E-state index contributed by atoms with van der Waals surface area (Å²) in [6, 6.07) is 8.35. The zero-order valence-electron chi connectivity index (χ0n) is 14.7. The van der Waals surface area contributed by atoms with E-state index in [0.29, 0.717) is 11.3 Å². The van der Waals surface area contributed by atoms with Crippen LogP contribution in [0.3, 0.4) is 0 Å². The molecule has 0 saturated heterocycles. The first-order valence-electron chi connectivity index (χ1n) is 7.95. The number of alkyl halides is 3. The molecule has 1 aromatic heterocycles. The van der Waals surface area contributed by atoms with Crippen LogP contribution in [0.5, 0.6) is 0 Å². The lowest BCUT2D eigenvalue weighted by molar-refractivity contribution is -0.384. The third-order valence-corrected chi connectivity index (χ3v) is 4.55. The van der Waals surface area contributed by atoms with E-state index in [1.807, 2.05) is 0 Å². The number of aromatic nitrogens is 1. The second-order valence-electron chi connectivity index (χ2n) is 5.76. The number of nitrogens with zero attached hydrogens (tertiary/aromatic N) is 2. The first-order valence-corrected chi connectivity index (χ1v) is 8.83. The average molecular weight is 423 g/mol. The smallest absolute Gasteiger partial charge is 0.416 e. The minimum absolute atomic E-state index is 0.0166. The number of benzene rings is 2. The number of nitro groups is 1. The Balaban J connectivity index is 1.91. The van der Waals surface area contributed by atoms with Crippen molar-refractivity contribution in [3.05, 3.63) is 69.1 Å². The Morgan fingerprint density at radius 2 is 2.00 bits per heavy atom. The van der Waals surface area contributed by atoms with E-state index >= 15 is 0 Å². The molecule has 3 aromatic rings. The van der Waals surface area contributed by atoms with E-state index in [-0.39, 0.29) is 22.1 Å². The van der Waals surface area contributed by atoms with Gasteiger partial charge in [-0.25, -0.2) is 9.78 Å². The second kappa shape index (κ2) is 7.87. The molecular formula is C18H12F3N3O4S. The van der Waals surface area contributed by atoms with Crippen molar-refractivity contribution in [2.45, 2.75) is 6.18 Å². The molecule has 7 nitrogen and oxygen atoms in total. The molecule has 0 spiro atoms. The number of nitrogens with one attached hydrogen (secondary N) is 1.